The van der Waals surface area contributed by atoms with Crippen LogP contribution in [0.25, 0.3) is 0 Å². The number of rotatable bonds is 5. The van der Waals surface area contributed by atoms with Crippen LogP contribution >= 0.6 is 0 Å². The van der Waals surface area contributed by atoms with Gasteiger partial charge in [-0.3, -0.25) is 24.7 Å². The van der Waals surface area contributed by atoms with Crippen LogP contribution in [0.3, 0.4) is 0 Å². The summed E-state index contributed by atoms with van der Waals surface area (Å²) >= 11 is 0. The van der Waals surface area contributed by atoms with E-state index in [9.17, 15) is 19.7 Å². The first-order chi connectivity index (χ1) is 11.7. The number of esters is 2. The van der Waals surface area contributed by atoms with Crippen LogP contribution in [-0.4, -0.2) is 33.0 Å². The number of nitrogens with zero attached hydrogens (tertiary/aromatic N) is 2. The van der Waals surface area contributed by atoms with Gasteiger partial charge in [0.1, 0.15) is 17.4 Å². The lowest BCUT2D eigenvalue weighted by Gasteiger charge is -2.33. The van der Waals surface area contributed by atoms with Crippen molar-refractivity contribution >= 4 is 17.6 Å². The fourth-order valence-corrected chi connectivity index (χ4v) is 2.24. The first kappa shape index (κ1) is 21.5. The van der Waals surface area contributed by atoms with Crippen LogP contribution in [0.2, 0.25) is 0 Å². The van der Waals surface area contributed by atoms with E-state index in [1.54, 1.807) is 48.5 Å². The predicted molar refractivity (Wildman–Crippen MR) is 94.6 cm³/mol. The second kappa shape index (κ2) is 7.39. The second-order valence-electron chi connectivity index (χ2n) is 7.92. The molecule has 144 valence electrons. The molecule has 0 N–H and O–H groups in total. The molecule has 0 saturated heterocycles. The minimum atomic E-state index is -1.81. The van der Waals surface area contributed by atoms with Crippen LogP contribution in [0.15, 0.2) is 18.3 Å². The molecule has 1 rings (SSSR count). The maximum absolute atomic E-state index is 13.0. The Balaban J connectivity index is 3.50. The fourth-order valence-electron chi connectivity index (χ4n) is 2.24. The molecular weight excluding hydrogens is 340 g/mol. The molecule has 26 heavy (non-hydrogen) atoms. The van der Waals surface area contributed by atoms with Gasteiger partial charge in [-0.25, -0.2) is 0 Å². The zero-order valence-corrected chi connectivity index (χ0v) is 16.3. The Labute approximate surface area is 153 Å². The van der Waals surface area contributed by atoms with Crippen LogP contribution in [0.1, 0.15) is 60.6 Å². The van der Waals surface area contributed by atoms with Crippen molar-refractivity contribution in [2.75, 3.05) is 0 Å². The van der Waals surface area contributed by atoms with E-state index in [1.807, 2.05) is 0 Å². The van der Waals surface area contributed by atoms with Gasteiger partial charge in [-0.15, -0.1) is 0 Å². The number of aromatic nitrogens is 1. The highest BCUT2D eigenvalue weighted by molar-refractivity contribution is 6.06. The molecule has 8 nitrogen and oxygen atoms in total. The Morgan fingerprint density at radius 2 is 1.50 bits per heavy atom. The lowest BCUT2D eigenvalue weighted by atomic mass is 9.80. The van der Waals surface area contributed by atoms with Gasteiger partial charge < -0.3 is 9.47 Å². The smallest absolute Gasteiger partial charge is 0.330 e. The van der Waals surface area contributed by atoms with E-state index in [2.05, 4.69) is 4.98 Å². The molecule has 0 spiro atoms. The number of pyridine rings is 1. The molecule has 1 aromatic heterocycles. The molecule has 0 amide bonds. The molecule has 8 heteroatoms. The molecule has 0 aromatic carbocycles. The van der Waals surface area contributed by atoms with Crippen LogP contribution in [0.4, 0.5) is 5.69 Å². The Morgan fingerprint density at radius 3 is 1.77 bits per heavy atom. The third kappa shape index (κ3) is 5.00. The minimum absolute atomic E-state index is 0.0294. The van der Waals surface area contributed by atoms with Gasteiger partial charge in [-0.1, -0.05) is 6.92 Å². The Morgan fingerprint density at radius 1 is 1.04 bits per heavy atom. The standard InChI is InChI=1S/C18H26N2O6/c1-8-18(14(21)25-16(2,3)4,15(22)26-17(5,6)7)13-10-9-12(11-19-13)20(23)24/h9-11H,8H2,1-7H3. The first-order valence-electron chi connectivity index (χ1n) is 8.31. The number of hydrogen-bond acceptors (Lipinski definition) is 7. The van der Waals surface area contributed by atoms with Gasteiger partial charge in [0, 0.05) is 6.07 Å². The van der Waals surface area contributed by atoms with Gasteiger partial charge in [-0.2, -0.15) is 0 Å². The Hall–Kier alpha value is -2.51. The van der Waals surface area contributed by atoms with E-state index in [4.69, 9.17) is 9.47 Å². The van der Waals surface area contributed by atoms with Crippen molar-refractivity contribution in [1.82, 2.24) is 4.98 Å². The number of nitro groups is 1. The zero-order chi connectivity index (χ0) is 20.3. The van der Waals surface area contributed by atoms with E-state index < -0.39 is 33.5 Å². The third-order valence-corrected chi connectivity index (χ3v) is 3.42. The van der Waals surface area contributed by atoms with Crippen molar-refractivity contribution in [2.45, 2.75) is 71.5 Å². The van der Waals surface area contributed by atoms with Crippen LogP contribution in [-0.2, 0) is 24.5 Å². The SMILES string of the molecule is CCC(C(=O)OC(C)(C)C)(C(=O)OC(C)(C)C)c1ccc([N+](=O)[O-])cn1. The first-order valence-corrected chi connectivity index (χ1v) is 8.31. The molecule has 1 aromatic rings. The second-order valence-corrected chi connectivity index (χ2v) is 7.92. The van der Waals surface area contributed by atoms with Crippen molar-refractivity contribution in [3.8, 4) is 0 Å². The summed E-state index contributed by atoms with van der Waals surface area (Å²) in [6.45, 7) is 11.7. The molecule has 0 aliphatic heterocycles. The van der Waals surface area contributed by atoms with E-state index in [1.165, 1.54) is 12.1 Å². The maximum atomic E-state index is 13.0. The van der Waals surface area contributed by atoms with Crippen molar-refractivity contribution < 1.29 is 24.0 Å². The van der Waals surface area contributed by atoms with Gasteiger partial charge in [0.05, 0.1) is 10.6 Å². The topological polar surface area (TPSA) is 109 Å². The summed E-state index contributed by atoms with van der Waals surface area (Å²) in [4.78, 5) is 40.2. The van der Waals surface area contributed by atoms with Crippen molar-refractivity contribution in [3.63, 3.8) is 0 Å². The predicted octanol–water partition coefficient (Wildman–Crippen LogP) is 3.32. The van der Waals surface area contributed by atoms with Crippen LogP contribution in [0, 0.1) is 10.1 Å². The number of carbonyl (C=O) groups excluding carboxylic acids is 2. The van der Waals surface area contributed by atoms with Gasteiger partial charge >= 0.3 is 11.9 Å². The molecule has 0 atom stereocenters. The zero-order valence-electron chi connectivity index (χ0n) is 16.3. The molecular formula is C18H26N2O6. The largest absolute Gasteiger partial charge is 0.459 e. The average Bonchev–Trinajstić information content (AvgIpc) is 2.45. The molecule has 0 radical (unpaired) electrons. The third-order valence-electron chi connectivity index (χ3n) is 3.42. The summed E-state index contributed by atoms with van der Waals surface area (Å²) in [6.07, 6.45) is 1.04. The maximum Gasteiger partial charge on any atom is 0.330 e. The Bertz CT molecular complexity index is 655. The molecule has 0 bridgehead atoms. The molecule has 0 fully saturated rings. The highest BCUT2D eigenvalue weighted by atomic mass is 16.6. The van der Waals surface area contributed by atoms with E-state index >= 15 is 0 Å². The Kier molecular flexibility index (Phi) is 6.12. The number of hydrogen-bond donors (Lipinski definition) is 0. The molecule has 0 unspecified atom stereocenters. The molecule has 0 aliphatic carbocycles. The number of ether oxygens (including phenoxy) is 2. The molecule has 1 heterocycles. The fraction of sp³-hybridized carbons (Fsp3) is 0.611. The summed E-state index contributed by atoms with van der Waals surface area (Å²) in [5, 5.41) is 10.9. The summed E-state index contributed by atoms with van der Waals surface area (Å²) in [5.41, 5.74) is -3.67. The van der Waals surface area contributed by atoms with Gasteiger partial charge in [0.15, 0.2) is 0 Å². The highest BCUT2D eigenvalue weighted by Crippen LogP contribution is 2.34. The summed E-state index contributed by atoms with van der Waals surface area (Å²) in [6, 6.07) is 2.48. The summed E-state index contributed by atoms with van der Waals surface area (Å²) in [5.74, 6) is -1.61. The van der Waals surface area contributed by atoms with Crippen LogP contribution < -0.4 is 0 Å². The normalized spacial score (nSPS) is 12.4. The van der Waals surface area contributed by atoms with Gasteiger partial charge in [-0.05, 0) is 54.0 Å². The quantitative estimate of drug-likeness (QED) is 0.340. The van der Waals surface area contributed by atoms with Gasteiger partial charge in [0.25, 0.3) is 5.69 Å². The van der Waals surface area contributed by atoms with Crippen LogP contribution in [0.5, 0.6) is 0 Å². The molecule has 0 saturated carbocycles. The monoisotopic (exact) mass is 366 g/mol. The van der Waals surface area contributed by atoms with E-state index in [0.29, 0.717) is 0 Å². The van der Waals surface area contributed by atoms with E-state index in [-0.39, 0.29) is 17.8 Å². The minimum Gasteiger partial charge on any atom is -0.459 e. The van der Waals surface area contributed by atoms with E-state index in [0.717, 1.165) is 6.20 Å². The molecule has 0 aliphatic rings. The van der Waals surface area contributed by atoms with Crippen molar-refractivity contribution in [2.24, 2.45) is 0 Å². The number of carbonyl (C=O) groups is 2. The highest BCUT2D eigenvalue weighted by Gasteiger charge is 2.52. The summed E-state index contributed by atoms with van der Waals surface area (Å²) < 4.78 is 10.9. The van der Waals surface area contributed by atoms with Crippen molar-refractivity contribution in [3.05, 3.63) is 34.1 Å². The van der Waals surface area contributed by atoms with Crippen molar-refractivity contribution in [1.29, 1.82) is 0 Å². The lowest BCUT2D eigenvalue weighted by Crippen LogP contribution is -2.50. The summed E-state index contributed by atoms with van der Waals surface area (Å²) in [7, 11) is 0. The van der Waals surface area contributed by atoms with Gasteiger partial charge in [0.2, 0.25) is 5.41 Å². The lowest BCUT2D eigenvalue weighted by molar-refractivity contribution is -0.385. The average molecular weight is 366 g/mol.